The van der Waals surface area contributed by atoms with Gasteiger partial charge in [0.05, 0.1) is 18.0 Å². The Morgan fingerprint density at radius 2 is 2.00 bits per heavy atom. The van der Waals surface area contributed by atoms with Gasteiger partial charge in [-0.25, -0.2) is 22.3 Å². The van der Waals surface area contributed by atoms with E-state index in [-0.39, 0.29) is 36.6 Å². The lowest BCUT2D eigenvalue weighted by Gasteiger charge is -2.18. The van der Waals surface area contributed by atoms with Crippen molar-refractivity contribution in [3.05, 3.63) is 29.8 Å². The molecule has 2 N–H and O–H groups in total. The predicted octanol–water partition coefficient (Wildman–Crippen LogP) is 0.250. The van der Waals surface area contributed by atoms with Gasteiger partial charge in [0.1, 0.15) is 0 Å². The van der Waals surface area contributed by atoms with E-state index in [0.29, 0.717) is 0 Å². The Kier molecular flexibility index (Phi) is 5.76. The summed E-state index contributed by atoms with van der Waals surface area (Å²) in [5.41, 5.74) is -2.28. The predicted molar refractivity (Wildman–Crippen MR) is 85.5 cm³/mol. The van der Waals surface area contributed by atoms with Crippen molar-refractivity contribution < 1.29 is 32.2 Å². The van der Waals surface area contributed by atoms with Crippen molar-refractivity contribution in [3.63, 3.8) is 0 Å². The van der Waals surface area contributed by atoms with Gasteiger partial charge in [-0.15, -0.1) is 0 Å². The Morgan fingerprint density at radius 3 is 2.52 bits per heavy atom. The van der Waals surface area contributed by atoms with Crippen LogP contribution in [0.2, 0.25) is 0 Å². The molecule has 1 aromatic carbocycles. The third kappa shape index (κ3) is 4.33. The van der Waals surface area contributed by atoms with Crippen LogP contribution in [0.25, 0.3) is 0 Å². The molecule has 1 amide bonds. The SMILES string of the molecule is COCCNS(=O)(=O)c1ccc(C(=O)N2CCC(F)(C(=O)O)C2)cc1. The second kappa shape index (κ2) is 7.46. The van der Waals surface area contributed by atoms with Crippen molar-refractivity contribution >= 4 is 21.9 Å². The second-order valence-electron chi connectivity index (χ2n) is 5.66. The normalized spacial score (nSPS) is 20.6. The number of alkyl halides is 1. The molecule has 1 aliphatic rings. The van der Waals surface area contributed by atoms with E-state index in [1.54, 1.807) is 0 Å². The molecule has 1 unspecified atom stereocenters. The number of aliphatic carboxylic acids is 1. The van der Waals surface area contributed by atoms with E-state index in [0.717, 1.165) is 4.90 Å². The number of carboxylic acids is 1. The molecule has 1 atom stereocenters. The summed E-state index contributed by atoms with van der Waals surface area (Å²) >= 11 is 0. The summed E-state index contributed by atoms with van der Waals surface area (Å²) in [7, 11) is -2.27. The molecule has 10 heteroatoms. The highest BCUT2D eigenvalue weighted by atomic mass is 32.2. The van der Waals surface area contributed by atoms with Gasteiger partial charge in [0.2, 0.25) is 15.7 Å². The lowest BCUT2D eigenvalue weighted by Crippen LogP contribution is -2.38. The summed E-state index contributed by atoms with van der Waals surface area (Å²) in [6.07, 6.45) is -0.274. The minimum atomic E-state index is -3.72. The number of amides is 1. The quantitative estimate of drug-likeness (QED) is 0.662. The number of ether oxygens (including phenoxy) is 1. The number of carboxylic acid groups (broad SMARTS) is 1. The summed E-state index contributed by atoms with van der Waals surface area (Å²) in [5, 5.41) is 8.86. The summed E-state index contributed by atoms with van der Waals surface area (Å²) in [4.78, 5) is 24.3. The number of rotatable bonds is 7. The van der Waals surface area contributed by atoms with E-state index in [1.165, 1.54) is 31.4 Å². The minimum absolute atomic E-state index is 0.0136. The Morgan fingerprint density at radius 1 is 1.36 bits per heavy atom. The van der Waals surface area contributed by atoms with Crippen LogP contribution in [0.1, 0.15) is 16.8 Å². The number of nitrogens with zero attached hydrogens (tertiary/aromatic N) is 1. The third-order valence-corrected chi connectivity index (χ3v) is 5.38. The molecule has 1 aromatic rings. The molecular weight excluding hydrogens is 355 g/mol. The zero-order valence-corrected chi connectivity index (χ0v) is 14.4. The Hall–Kier alpha value is -2.04. The Labute approximate surface area is 144 Å². The monoisotopic (exact) mass is 374 g/mol. The highest BCUT2D eigenvalue weighted by Crippen LogP contribution is 2.27. The van der Waals surface area contributed by atoms with Crippen LogP contribution in [0.3, 0.4) is 0 Å². The first-order valence-corrected chi connectivity index (χ1v) is 8.98. The maximum absolute atomic E-state index is 14.0. The van der Waals surface area contributed by atoms with Crippen LogP contribution >= 0.6 is 0 Å². The molecule has 0 aromatic heterocycles. The molecule has 2 rings (SSSR count). The van der Waals surface area contributed by atoms with Crippen LogP contribution in [-0.4, -0.2) is 69.3 Å². The molecule has 0 bridgehead atoms. The van der Waals surface area contributed by atoms with Gasteiger partial charge in [-0.2, -0.15) is 0 Å². The number of carbonyl (C=O) groups excluding carboxylic acids is 1. The van der Waals surface area contributed by atoms with Crippen molar-refractivity contribution in [2.45, 2.75) is 17.0 Å². The molecule has 1 aliphatic heterocycles. The maximum atomic E-state index is 14.0. The number of likely N-dealkylation sites (tertiary alicyclic amines) is 1. The van der Waals surface area contributed by atoms with Crippen LogP contribution in [-0.2, 0) is 19.6 Å². The second-order valence-corrected chi connectivity index (χ2v) is 7.43. The summed E-state index contributed by atoms with van der Waals surface area (Å²) in [5.74, 6) is -2.14. The number of carbonyl (C=O) groups is 2. The topological polar surface area (TPSA) is 113 Å². The molecule has 138 valence electrons. The zero-order chi connectivity index (χ0) is 18.7. The molecule has 0 spiro atoms. The first-order valence-electron chi connectivity index (χ1n) is 7.50. The van der Waals surface area contributed by atoms with Crippen LogP contribution < -0.4 is 4.72 Å². The highest BCUT2D eigenvalue weighted by Gasteiger charge is 2.46. The molecule has 1 saturated heterocycles. The van der Waals surface area contributed by atoms with E-state index >= 15 is 0 Å². The summed E-state index contributed by atoms with van der Waals surface area (Å²) in [6, 6.07) is 5.15. The number of halogens is 1. The Bertz CT molecular complexity index is 752. The molecular formula is C15H19FN2O6S. The number of methoxy groups -OCH3 is 1. The third-order valence-electron chi connectivity index (χ3n) is 3.90. The number of nitrogens with one attached hydrogen (secondary N) is 1. The summed E-state index contributed by atoms with van der Waals surface area (Å²) < 4.78 is 45.2. The lowest BCUT2D eigenvalue weighted by molar-refractivity contribution is -0.149. The smallest absolute Gasteiger partial charge is 0.343 e. The molecule has 0 radical (unpaired) electrons. The molecule has 0 saturated carbocycles. The van der Waals surface area contributed by atoms with Gasteiger partial charge < -0.3 is 14.7 Å². The van der Waals surface area contributed by atoms with Gasteiger partial charge in [-0.05, 0) is 24.3 Å². The average molecular weight is 374 g/mol. The molecule has 25 heavy (non-hydrogen) atoms. The fourth-order valence-corrected chi connectivity index (χ4v) is 3.45. The van der Waals surface area contributed by atoms with Crippen molar-refractivity contribution in [2.75, 3.05) is 33.4 Å². The average Bonchev–Trinajstić information content (AvgIpc) is 2.98. The van der Waals surface area contributed by atoms with Crippen LogP contribution in [0.4, 0.5) is 4.39 Å². The van der Waals surface area contributed by atoms with Crippen molar-refractivity contribution in [3.8, 4) is 0 Å². The standard InChI is InChI=1S/C15H19FN2O6S/c1-24-9-7-17-25(22,23)12-4-2-11(3-5-12)13(19)18-8-6-15(16,10-18)14(20)21/h2-5,17H,6-10H2,1H3,(H,20,21). The zero-order valence-electron chi connectivity index (χ0n) is 13.6. The molecule has 1 fully saturated rings. The van der Waals surface area contributed by atoms with Crippen LogP contribution in [0.5, 0.6) is 0 Å². The van der Waals surface area contributed by atoms with E-state index < -0.39 is 34.1 Å². The number of sulfonamides is 1. The molecule has 8 nitrogen and oxygen atoms in total. The van der Waals surface area contributed by atoms with Gasteiger partial charge in [0.15, 0.2) is 0 Å². The van der Waals surface area contributed by atoms with E-state index in [4.69, 9.17) is 9.84 Å². The summed E-state index contributed by atoms with van der Waals surface area (Å²) in [6.45, 7) is -0.208. The van der Waals surface area contributed by atoms with Crippen LogP contribution in [0.15, 0.2) is 29.2 Å². The fraction of sp³-hybridized carbons (Fsp3) is 0.467. The van der Waals surface area contributed by atoms with Crippen molar-refractivity contribution in [2.24, 2.45) is 0 Å². The number of benzene rings is 1. The lowest BCUT2D eigenvalue weighted by atomic mass is 10.1. The van der Waals surface area contributed by atoms with E-state index in [2.05, 4.69) is 4.72 Å². The maximum Gasteiger partial charge on any atom is 0.343 e. The van der Waals surface area contributed by atoms with Gasteiger partial charge in [-0.3, -0.25) is 4.79 Å². The first kappa shape index (κ1) is 19.3. The Balaban J connectivity index is 2.07. The number of hydrogen-bond acceptors (Lipinski definition) is 5. The first-order chi connectivity index (χ1) is 11.7. The van der Waals surface area contributed by atoms with Crippen molar-refractivity contribution in [1.82, 2.24) is 9.62 Å². The number of hydrogen-bond donors (Lipinski definition) is 2. The van der Waals surface area contributed by atoms with Crippen molar-refractivity contribution in [1.29, 1.82) is 0 Å². The van der Waals surface area contributed by atoms with Gasteiger partial charge in [0, 0.05) is 32.2 Å². The van der Waals surface area contributed by atoms with Crippen LogP contribution in [0, 0.1) is 0 Å². The van der Waals surface area contributed by atoms with Gasteiger partial charge in [-0.1, -0.05) is 0 Å². The minimum Gasteiger partial charge on any atom is -0.479 e. The van der Waals surface area contributed by atoms with E-state index in [9.17, 15) is 22.4 Å². The molecule has 1 heterocycles. The fourth-order valence-electron chi connectivity index (χ4n) is 2.44. The largest absolute Gasteiger partial charge is 0.479 e. The van der Waals surface area contributed by atoms with E-state index in [1.807, 2.05) is 0 Å². The van der Waals surface area contributed by atoms with Gasteiger partial charge >= 0.3 is 5.97 Å². The van der Waals surface area contributed by atoms with Gasteiger partial charge in [0.25, 0.3) is 5.91 Å². The molecule has 0 aliphatic carbocycles. The highest BCUT2D eigenvalue weighted by molar-refractivity contribution is 7.89.